The van der Waals surface area contributed by atoms with E-state index in [1.54, 1.807) is 6.20 Å². The number of aromatic amines is 1. The smallest absolute Gasteiger partial charge is 0.177 e. The second-order valence-electron chi connectivity index (χ2n) is 4.23. The highest BCUT2D eigenvalue weighted by Crippen LogP contribution is 2.14. The lowest BCUT2D eigenvalue weighted by Gasteiger charge is -2.04. The van der Waals surface area contributed by atoms with Crippen LogP contribution in [-0.2, 0) is 6.54 Å². The van der Waals surface area contributed by atoms with Crippen LogP contribution in [0.15, 0.2) is 16.7 Å². The molecule has 0 aliphatic rings. The lowest BCUT2D eigenvalue weighted by molar-refractivity contribution is 0.545. The number of aromatic nitrogens is 3. The van der Waals surface area contributed by atoms with E-state index < -0.39 is 0 Å². The van der Waals surface area contributed by atoms with Crippen molar-refractivity contribution < 1.29 is 0 Å². The first-order chi connectivity index (χ1) is 7.65. The molecular weight excluding hydrogens is 268 g/mol. The fourth-order valence-corrected chi connectivity index (χ4v) is 1.82. The van der Waals surface area contributed by atoms with Crippen LogP contribution in [0, 0.1) is 5.92 Å². The molecule has 2 rings (SSSR count). The molecule has 2 aromatic heterocycles. The van der Waals surface area contributed by atoms with Crippen LogP contribution in [-0.4, -0.2) is 21.5 Å². The second kappa shape index (κ2) is 4.93. The summed E-state index contributed by atoms with van der Waals surface area (Å²) in [6.07, 6.45) is 1.76. The fourth-order valence-electron chi connectivity index (χ4n) is 1.49. The number of rotatable bonds is 4. The highest BCUT2D eigenvalue weighted by Gasteiger charge is 2.04. The minimum atomic E-state index is 0.650. The predicted molar refractivity (Wildman–Crippen MR) is 68.1 cm³/mol. The van der Waals surface area contributed by atoms with Crippen LogP contribution in [0.3, 0.4) is 0 Å². The van der Waals surface area contributed by atoms with Gasteiger partial charge in [-0.1, -0.05) is 13.8 Å². The van der Waals surface area contributed by atoms with Crippen molar-refractivity contribution in [1.29, 1.82) is 0 Å². The van der Waals surface area contributed by atoms with Gasteiger partial charge in [-0.25, -0.2) is 9.97 Å². The topological polar surface area (TPSA) is 53.6 Å². The first-order valence-corrected chi connectivity index (χ1v) is 6.15. The van der Waals surface area contributed by atoms with Gasteiger partial charge in [-0.05, 0) is 34.5 Å². The second-order valence-corrected chi connectivity index (χ2v) is 5.15. The molecule has 0 aliphatic carbocycles. The normalized spacial score (nSPS) is 11.5. The Kier molecular flexibility index (Phi) is 3.56. The quantitative estimate of drug-likeness (QED) is 0.906. The molecule has 0 aromatic carbocycles. The standard InChI is InChI=1S/C11H15BrN4/c1-7(2)4-13-6-10-15-9-3-8(12)5-14-11(9)16-10/h3,5,7,13H,4,6H2,1-2H3,(H,14,15,16). The zero-order chi connectivity index (χ0) is 11.5. The van der Waals surface area contributed by atoms with E-state index in [9.17, 15) is 0 Å². The number of halogens is 1. The van der Waals surface area contributed by atoms with Crippen molar-refractivity contribution in [2.75, 3.05) is 6.54 Å². The van der Waals surface area contributed by atoms with Gasteiger partial charge in [0.15, 0.2) is 5.65 Å². The molecule has 0 aliphatic heterocycles. The maximum Gasteiger partial charge on any atom is 0.177 e. The Balaban J connectivity index is 2.08. The van der Waals surface area contributed by atoms with Gasteiger partial charge in [0.25, 0.3) is 0 Å². The van der Waals surface area contributed by atoms with E-state index in [0.717, 1.165) is 34.6 Å². The van der Waals surface area contributed by atoms with Crippen LogP contribution >= 0.6 is 15.9 Å². The third kappa shape index (κ3) is 2.80. The minimum absolute atomic E-state index is 0.650. The Morgan fingerprint density at radius 1 is 1.50 bits per heavy atom. The molecule has 0 saturated carbocycles. The molecule has 16 heavy (non-hydrogen) atoms. The number of hydrogen-bond acceptors (Lipinski definition) is 3. The maximum atomic E-state index is 4.40. The number of nitrogens with zero attached hydrogens (tertiary/aromatic N) is 2. The third-order valence-corrected chi connectivity index (χ3v) is 2.63. The van der Waals surface area contributed by atoms with Crippen LogP contribution in [0.2, 0.25) is 0 Å². The summed E-state index contributed by atoms with van der Waals surface area (Å²) >= 11 is 3.39. The van der Waals surface area contributed by atoms with Crippen LogP contribution in [0.1, 0.15) is 19.7 Å². The molecule has 86 valence electrons. The number of fused-ring (bicyclic) bond motifs is 1. The summed E-state index contributed by atoms with van der Waals surface area (Å²) in [5.41, 5.74) is 1.74. The van der Waals surface area contributed by atoms with Crippen molar-refractivity contribution in [3.63, 3.8) is 0 Å². The fraction of sp³-hybridized carbons (Fsp3) is 0.455. The molecule has 0 fully saturated rings. The number of hydrogen-bond donors (Lipinski definition) is 2. The molecule has 2 aromatic rings. The van der Waals surface area contributed by atoms with E-state index in [1.165, 1.54) is 0 Å². The third-order valence-electron chi connectivity index (χ3n) is 2.20. The Labute approximate surface area is 103 Å². The van der Waals surface area contributed by atoms with Gasteiger partial charge >= 0.3 is 0 Å². The average Bonchev–Trinajstić information content (AvgIpc) is 2.58. The highest BCUT2D eigenvalue weighted by atomic mass is 79.9. The Hall–Kier alpha value is -0.940. The largest absolute Gasteiger partial charge is 0.339 e. The van der Waals surface area contributed by atoms with Crippen molar-refractivity contribution in [3.05, 3.63) is 22.6 Å². The van der Waals surface area contributed by atoms with Gasteiger partial charge in [-0.15, -0.1) is 0 Å². The summed E-state index contributed by atoms with van der Waals surface area (Å²) in [7, 11) is 0. The average molecular weight is 283 g/mol. The maximum absolute atomic E-state index is 4.40. The van der Waals surface area contributed by atoms with E-state index in [0.29, 0.717) is 5.92 Å². The Morgan fingerprint density at radius 2 is 2.31 bits per heavy atom. The Bertz CT molecular complexity index is 478. The summed E-state index contributed by atoms with van der Waals surface area (Å²) in [6.45, 7) is 6.12. The van der Waals surface area contributed by atoms with Crippen molar-refractivity contribution >= 4 is 27.1 Å². The Morgan fingerprint density at radius 3 is 3.06 bits per heavy atom. The molecule has 0 saturated heterocycles. The van der Waals surface area contributed by atoms with E-state index in [-0.39, 0.29) is 0 Å². The van der Waals surface area contributed by atoms with E-state index in [1.807, 2.05) is 6.07 Å². The van der Waals surface area contributed by atoms with Crippen molar-refractivity contribution in [2.24, 2.45) is 5.92 Å². The minimum Gasteiger partial charge on any atom is -0.339 e. The molecule has 0 atom stereocenters. The van der Waals surface area contributed by atoms with Crippen LogP contribution in [0.5, 0.6) is 0 Å². The predicted octanol–water partition coefficient (Wildman–Crippen LogP) is 2.47. The van der Waals surface area contributed by atoms with Gasteiger partial charge < -0.3 is 10.3 Å². The molecule has 0 amide bonds. The number of imidazole rings is 1. The number of H-pyrrole nitrogens is 1. The van der Waals surface area contributed by atoms with Gasteiger partial charge in [-0.2, -0.15) is 0 Å². The monoisotopic (exact) mass is 282 g/mol. The van der Waals surface area contributed by atoms with E-state index >= 15 is 0 Å². The first-order valence-electron chi connectivity index (χ1n) is 5.36. The van der Waals surface area contributed by atoms with Gasteiger partial charge in [0.2, 0.25) is 0 Å². The SMILES string of the molecule is CC(C)CNCc1nc2ncc(Br)cc2[nH]1. The van der Waals surface area contributed by atoms with Gasteiger partial charge in [0.05, 0.1) is 12.1 Å². The van der Waals surface area contributed by atoms with Gasteiger partial charge in [0, 0.05) is 10.7 Å². The van der Waals surface area contributed by atoms with Crippen molar-refractivity contribution in [2.45, 2.75) is 20.4 Å². The van der Waals surface area contributed by atoms with Crippen LogP contribution in [0.4, 0.5) is 0 Å². The summed E-state index contributed by atoms with van der Waals surface area (Å²) in [6, 6.07) is 1.99. The van der Waals surface area contributed by atoms with Crippen molar-refractivity contribution in [3.8, 4) is 0 Å². The van der Waals surface area contributed by atoms with Crippen LogP contribution < -0.4 is 5.32 Å². The number of nitrogens with one attached hydrogen (secondary N) is 2. The molecule has 2 N–H and O–H groups in total. The summed E-state index contributed by atoms with van der Waals surface area (Å²) in [5.74, 6) is 1.58. The summed E-state index contributed by atoms with van der Waals surface area (Å²) < 4.78 is 0.963. The summed E-state index contributed by atoms with van der Waals surface area (Å²) in [5, 5.41) is 3.34. The van der Waals surface area contributed by atoms with E-state index in [2.05, 4.69) is 50.0 Å². The molecule has 2 heterocycles. The molecule has 0 unspecified atom stereocenters. The lowest BCUT2D eigenvalue weighted by atomic mass is 10.2. The lowest BCUT2D eigenvalue weighted by Crippen LogP contribution is -2.19. The molecule has 0 spiro atoms. The zero-order valence-electron chi connectivity index (χ0n) is 9.42. The summed E-state index contributed by atoms with van der Waals surface area (Å²) in [4.78, 5) is 11.9. The molecule has 0 bridgehead atoms. The molecule has 0 radical (unpaired) electrons. The number of pyridine rings is 1. The molecule has 4 nitrogen and oxygen atoms in total. The highest BCUT2D eigenvalue weighted by molar-refractivity contribution is 9.10. The van der Waals surface area contributed by atoms with E-state index in [4.69, 9.17) is 0 Å². The zero-order valence-corrected chi connectivity index (χ0v) is 11.0. The van der Waals surface area contributed by atoms with Crippen LogP contribution in [0.25, 0.3) is 11.2 Å². The van der Waals surface area contributed by atoms with Gasteiger partial charge in [-0.3, -0.25) is 0 Å². The van der Waals surface area contributed by atoms with Crippen molar-refractivity contribution in [1.82, 2.24) is 20.3 Å². The molecule has 5 heteroatoms. The van der Waals surface area contributed by atoms with Gasteiger partial charge in [0.1, 0.15) is 5.82 Å². The molecular formula is C11H15BrN4. The first kappa shape index (κ1) is 11.5.